The zero-order valence-electron chi connectivity index (χ0n) is 14.1. The van der Waals surface area contributed by atoms with Crippen molar-refractivity contribution < 1.29 is 4.79 Å². The van der Waals surface area contributed by atoms with E-state index in [4.69, 9.17) is 11.6 Å². The molecule has 0 fully saturated rings. The number of nitrogens with zero attached hydrogens (tertiary/aromatic N) is 2. The normalized spacial score (nSPS) is 10.7. The van der Waals surface area contributed by atoms with Gasteiger partial charge in [0.25, 0.3) is 11.5 Å². The predicted octanol–water partition coefficient (Wildman–Crippen LogP) is 4.10. The fraction of sp³-hybridized carbons (Fsp3) is 0. The predicted molar refractivity (Wildman–Crippen MR) is 107 cm³/mol. The van der Waals surface area contributed by atoms with E-state index in [0.717, 1.165) is 0 Å². The lowest BCUT2D eigenvalue weighted by atomic mass is 10.2. The van der Waals surface area contributed by atoms with Gasteiger partial charge in [0.15, 0.2) is 5.82 Å². The van der Waals surface area contributed by atoms with Crippen LogP contribution in [0.15, 0.2) is 83.7 Å². The zero-order chi connectivity index (χ0) is 18.8. The summed E-state index contributed by atoms with van der Waals surface area (Å²) in [7, 11) is 0. The summed E-state index contributed by atoms with van der Waals surface area (Å²) in [6.45, 7) is 0. The van der Waals surface area contributed by atoms with E-state index >= 15 is 0 Å². The smallest absolute Gasteiger partial charge is 0.267 e. The summed E-state index contributed by atoms with van der Waals surface area (Å²) in [5, 5.41) is 0.860. The van der Waals surface area contributed by atoms with E-state index in [2.05, 4.69) is 10.4 Å². The first-order valence-electron chi connectivity index (χ1n) is 8.27. The molecule has 1 amide bonds. The third-order valence-corrected chi connectivity index (χ3v) is 4.34. The van der Waals surface area contributed by atoms with E-state index in [9.17, 15) is 9.59 Å². The Kier molecular flexibility index (Phi) is 4.44. The van der Waals surface area contributed by atoms with Crippen molar-refractivity contribution in [2.24, 2.45) is 0 Å². The number of rotatable bonds is 3. The molecule has 0 saturated heterocycles. The van der Waals surface area contributed by atoms with E-state index in [1.165, 1.54) is 4.68 Å². The van der Waals surface area contributed by atoms with Gasteiger partial charge in [-0.25, -0.2) is 4.98 Å². The number of aromatic nitrogens is 2. The van der Waals surface area contributed by atoms with Crippen LogP contribution in [0.3, 0.4) is 0 Å². The van der Waals surface area contributed by atoms with Crippen molar-refractivity contribution in [1.82, 2.24) is 9.66 Å². The molecule has 132 valence electrons. The summed E-state index contributed by atoms with van der Waals surface area (Å²) in [6, 6.07) is 22.8. The van der Waals surface area contributed by atoms with Gasteiger partial charge in [-0.3, -0.25) is 15.0 Å². The molecule has 0 unspecified atom stereocenters. The molecular weight excluding hydrogens is 362 g/mol. The average Bonchev–Trinajstić information content (AvgIpc) is 2.70. The highest BCUT2D eigenvalue weighted by Gasteiger charge is 2.15. The molecule has 1 aromatic heterocycles. The van der Waals surface area contributed by atoms with Crippen LogP contribution in [-0.4, -0.2) is 15.6 Å². The molecule has 0 aliphatic carbocycles. The van der Waals surface area contributed by atoms with Crippen LogP contribution in [0.4, 0.5) is 0 Å². The van der Waals surface area contributed by atoms with Crippen molar-refractivity contribution >= 4 is 28.4 Å². The van der Waals surface area contributed by atoms with Gasteiger partial charge in [-0.05, 0) is 30.3 Å². The van der Waals surface area contributed by atoms with Crippen LogP contribution in [0, 0.1) is 0 Å². The minimum Gasteiger partial charge on any atom is -0.267 e. The summed E-state index contributed by atoms with van der Waals surface area (Å²) < 4.78 is 1.18. The summed E-state index contributed by atoms with van der Waals surface area (Å²) in [4.78, 5) is 30.3. The van der Waals surface area contributed by atoms with E-state index in [0.29, 0.717) is 32.9 Å². The second-order valence-corrected chi connectivity index (χ2v) is 6.35. The molecule has 0 aliphatic heterocycles. The lowest BCUT2D eigenvalue weighted by Crippen LogP contribution is -2.35. The number of carbonyl (C=O) groups is 1. The molecule has 0 saturated carbocycles. The Balaban J connectivity index is 1.89. The van der Waals surface area contributed by atoms with Crippen LogP contribution in [0.1, 0.15) is 10.4 Å². The Morgan fingerprint density at radius 1 is 0.926 bits per heavy atom. The SMILES string of the molecule is O=C(Nn1c(-c2ccccc2)nc2ccccc2c1=O)c1cccc(Cl)c1. The number of hydrogen-bond donors (Lipinski definition) is 1. The molecule has 6 heteroatoms. The molecule has 0 spiro atoms. The van der Waals surface area contributed by atoms with E-state index in [1.807, 2.05) is 36.4 Å². The van der Waals surface area contributed by atoms with E-state index < -0.39 is 5.91 Å². The fourth-order valence-corrected chi connectivity index (χ4v) is 3.00. The lowest BCUT2D eigenvalue weighted by Gasteiger charge is -2.14. The molecule has 5 nitrogen and oxygen atoms in total. The molecule has 4 aromatic rings. The molecule has 0 atom stereocenters. The van der Waals surface area contributed by atoms with Crippen LogP contribution >= 0.6 is 11.6 Å². The third kappa shape index (κ3) is 3.32. The highest BCUT2D eigenvalue weighted by atomic mass is 35.5. The molecule has 1 N–H and O–H groups in total. The van der Waals surface area contributed by atoms with Crippen LogP contribution in [0.2, 0.25) is 5.02 Å². The zero-order valence-corrected chi connectivity index (χ0v) is 14.9. The Hall–Kier alpha value is -3.44. The number of hydrogen-bond acceptors (Lipinski definition) is 3. The molecule has 3 aromatic carbocycles. The first-order valence-corrected chi connectivity index (χ1v) is 8.65. The van der Waals surface area contributed by atoms with Crippen LogP contribution in [0.25, 0.3) is 22.3 Å². The third-order valence-electron chi connectivity index (χ3n) is 4.11. The van der Waals surface area contributed by atoms with Gasteiger partial charge in [0.05, 0.1) is 10.9 Å². The van der Waals surface area contributed by atoms with Crippen LogP contribution in [0.5, 0.6) is 0 Å². The summed E-state index contributed by atoms with van der Waals surface area (Å²) >= 11 is 5.97. The van der Waals surface area contributed by atoms with Crippen molar-refractivity contribution in [1.29, 1.82) is 0 Å². The maximum Gasteiger partial charge on any atom is 0.280 e. The van der Waals surface area contributed by atoms with Gasteiger partial charge in [0.1, 0.15) is 0 Å². The fourth-order valence-electron chi connectivity index (χ4n) is 2.81. The quantitative estimate of drug-likeness (QED) is 0.586. The second-order valence-electron chi connectivity index (χ2n) is 5.91. The molecule has 1 heterocycles. The first kappa shape index (κ1) is 17.0. The number of fused-ring (bicyclic) bond motifs is 1. The van der Waals surface area contributed by atoms with Gasteiger partial charge in [-0.1, -0.05) is 60.1 Å². The van der Waals surface area contributed by atoms with E-state index in [-0.39, 0.29) is 5.56 Å². The average molecular weight is 376 g/mol. The van der Waals surface area contributed by atoms with Gasteiger partial charge in [0.2, 0.25) is 0 Å². The van der Waals surface area contributed by atoms with Crippen LogP contribution in [-0.2, 0) is 0 Å². The minimum atomic E-state index is -0.450. The van der Waals surface area contributed by atoms with Crippen molar-refractivity contribution in [2.75, 3.05) is 5.43 Å². The molecule has 0 radical (unpaired) electrons. The number of halogens is 1. The lowest BCUT2D eigenvalue weighted by molar-refractivity contribution is 0.101. The number of nitrogens with one attached hydrogen (secondary N) is 1. The molecule has 0 aliphatic rings. The maximum absolute atomic E-state index is 13.0. The highest BCUT2D eigenvalue weighted by Crippen LogP contribution is 2.18. The van der Waals surface area contributed by atoms with Gasteiger partial charge >= 0.3 is 0 Å². The van der Waals surface area contributed by atoms with Crippen molar-refractivity contribution in [3.05, 3.63) is 99.8 Å². The van der Waals surface area contributed by atoms with Gasteiger partial charge < -0.3 is 0 Å². The van der Waals surface area contributed by atoms with Crippen molar-refractivity contribution in [3.63, 3.8) is 0 Å². The van der Waals surface area contributed by atoms with Gasteiger partial charge in [-0.15, -0.1) is 0 Å². The molecule has 4 rings (SSSR count). The summed E-state index contributed by atoms with van der Waals surface area (Å²) in [5.41, 5.74) is 3.93. The Morgan fingerprint density at radius 2 is 1.67 bits per heavy atom. The number of carbonyl (C=O) groups excluding carboxylic acids is 1. The van der Waals surface area contributed by atoms with Crippen molar-refractivity contribution in [2.45, 2.75) is 0 Å². The van der Waals surface area contributed by atoms with Crippen molar-refractivity contribution in [3.8, 4) is 11.4 Å². The largest absolute Gasteiger partial charge is 0.280 e. The Bertz CT molecular complexity index is 1200. The van der Waals surface area contributed by atoms with Gasteiger partial charge in [-0.2, -0.15) is 4.68 Å². The van der Waals surface area contributed by atoms with E-state index in [1.54, 1.807) is 42.5 Å². The number of para-hydroxylation sites is 1. The highest BCUT2D eigenvalue weighted by molar-refractivity contribution is 6.31. The summed E-state index contributed by atoms with van der Waals surface area (Å²) in [6.07, 6.45) is 0. The molecule has 0 bridgehead atoms. The monoisotopic (exact) mass is 375 g/mol. The van der Waals surface area contributed by atoms with Crippen LogP contribution < -0.4 is 11.0 Å². The Morgan fingerprint density at radius 3 is 2.44 bits per heavy atom. The maximum atomic E-state index is 13.0. The topological polar surface area (TPSA) is 64.0 Å². The molecule has 27 heavy (non-hydrogen) atoms. The summed E-state index contributed by atoms with van der Waals surface area (Å²) in [5.74, 6) is -0.0939. The number of benzene rings is 3. The second kappa shape index (κ2) is 7.05. The minimum absolute atomic E-state index is 0.349. The number of amides is 1. The Labute approximate surface area is 159 Å². The first-order chi connectivity index (χ1) is 13.1. The standard InChI is InChI=1S/C21H14ClN3O2/c22-16-10-6-9-15(13-16)20(26)24-25-19(14-7-2-1-3-8-14)23-18-12-5-4-11-17(18)21(25)27/h1-13H,(H,24,26). The van der Waals surface area contributed by atoms with Gasteiger partial charge in [0, 0.05) is 16.1 Å². The molecular formula is C21H14ClN3O2.